The molecule has 4 aromatic rings. The molecule has 0 radical (unpaired) electrons. The molecular weight excluding hydrogens is 354 g/mol. The molecule has 0 atom stereocenters. The average Bonchev–Trinajstić information content (AvgIpc) is 3.16. The van der Waals surface area contributed by atoms with Crippen molar-refractivity contribution in [3.63, 3.8) is 0 Å². The quantitative estimate of drug-likeness (QED) is 0.579. The van der Waals surface area contributed by atoms with E-state index in [1.807, 2.05) is 30.3 Å². The maximum Gasteiger partial charge on any atom is 0.245 e. The zero-order chi connectivity index (χ0) is 19.1. The summed E-state index contributed by atoms with van der Waals surface area (Å²) in [6.07, 6.45) is 6.17. The summed E-state index contributed by atoms with van der Waals surface area (Å²) >= 11 is 0. The van der Waals surface area contributed by atoms with Crippen LogP contribution in [-0.2, 0) is 5.41 Å². The molecule has 1 aliphatic carbocycles. The largest absolute Gasteiger partial charge is 0.508 e. The van der Waals surface area contributed by atoms with Gasteiger partial charge < -0.3 is 9.63 Å². The van der Waals surface area contributed by atoms with Crippen molar-refractivity contribution in [1.29, 1.82) is 0 Å². The van der Waals surface area contributed by atoms with E-state index in [0.717, 1.165) is 16.7 Å². The monoisotopic (exact) mass is 371 g/mol. The van der Waals surface area contributed by atoms with Gasteiger partial charge in [0, 0.05) is 18.0 Å². The summed E-state index contributed by atoms with van der Waals surface area (Å²) in [6.45, 7) is 0. The van der Waals surface area contributed by atoms with Crippen LogP contribution in [0.1, 0.15) is 23.4 Å². The molecule has 0 amide bonds. The second kappa shape index (κ2) is 6.20. The van der Waals surface area contributed by atoms with Gasteiger partial charge in [-0.05, 0) is 42.7 Å². The summed E-state index contributed by atoms with van der Waals surface area (Å²) in [5.74, 6) is 0.707. The summed E-state index contributed by atoms with van der Waals surface area (Å²) in [6, 6.07) is 16.6. The molecule has 0 aliphatic heterocycles. The summed E-state index contributed by atoms with van der Waals surface area (Å²) in [4.78, 5) is 17.2. The number of imidazole rings is 1. The Morgan fingerprint density at radius 1 is 1.04 bits per heavy atom. The molecule has 1 aliphatic rings. The van der Waals surface area contributed by atoms with Gasteiger partial charge in [-0.3, -0.25) is 9.36 Å². The van der Waals surface area contributed by atoms with Crippen LogP contribution in [0.5, 0.6) is 5.75 Å². The number of nitrogens with zero attached hydrogens (tertiary/aromatic N) is 3. The van der Waals surface area contributed by atoms with Gasteiger partial charge >= 0.3 is 0 Å². The van der Waals surface area contributed by atoms with Gasteiger partial charge in [-0.2, -0.15) is 0 Å². The number of aromatic hydroxyl groups is 1. The molecule has 2 aromatic heterocycles. The highest BCUT2D eigenvalue weighted by Crippen LogP contribution is 2.54. The predicted octanol–water partition coefficient (Wildman–Crippen LogP) is 4.28. The molecule has 2 heterocycles. The van der Waals surface area contributed by atoms with E-state index in [-0.39, 0.29) is 11.7 Å². The number of hydrogen-bond acceptors (Lipinski definition) is 5. The SMILES string of the molecule is O=C(n1ccnc1)C1(c2onc(-c3ccc(O)cc3)c2-c2ccccc2)CC1. The van der Waals surface area contributed by atoms with Crippen LogP contribution in [0.25, 0.3) is 22.4 Å². The second-order valence-electron chi connectivity index (χ2n) is 7.01. The molecule has 0 saturated heterocycles. The standard InChI is InChI=1S/C22H17N3O3/c26-17-8-6-16(7-9-17)19-18(15-4-2-1-3-5-15)20(28-24-19)22(10-11-22)21(27)25-13-12-23-14-25/h1-9,12-14,26H,10-11H2. The van der Waals surface area contributed by atoms with Gasteiger partial charge in [-0.15, -0.1) is 0 Å². The van der Waals surface area contributed by atoms with E-state index >= 15 is 0 Å². The van der Waals surface area contributed by atoms with Gasteiger partial charge in [0.1, 0.15) is 23.2 Å². The van der Waals surface area contributed by atoms with Crippen LogP contribution in [0, 0.1) is 0 Å². The number of carbonyl (C=O) groups excluding carboxylic acids is 1. The Balaban J connectivity index is 1.69. The lowest BCUT2D eigenvalue weighted by molar-refractivity contribution is 0.0846. The minimum atomic E-state index is -0.728. The van der Waals surface area contributed by atoms with Crippen molar-refractivity contribution in [3.8, 4) is 28.1 Å². The number of phenolic OH excluding ortho intramolecular Hbond substituents is 1. The summed E-state index contributed by atoms with van der Waals surface area (Å²) < 4.78 is 7.32. The zero-order valence-corrected chi connectivity index (χ0v) is 14.9. The number of benzene rings is 2. The molecule has 0 spiro atoms. The highest BCUT2D eigenvalue weighted by atomic mass is 16.5. The van der Waals surface area contributed by atoms with Crippen molar-refractivity contribution < 1.29 is 14.4 Å². The highest BCUT2D eigenvalue weighted by molar-refractivity contribution is 5.96. The Morgan fingerprint density at radius 2 is 1.79 bits per heavy atom. The lowest BCUT2D eigenvalue weighted by Gasteiger charge is -2.13. The van der Waals surface area contributed by atoms with Gasteiger partial charge in [-0.1, -0.05) is 35.5 Å². The first-order valence-corrected chi connectivity index (χ1v) is 9.07. The molecule has 0 unspecified atom stereocenters. The average molecular weight is 371 g/mol. The normalized spacial score (nSPS) is 14.7. The van der Waals surface area contributed by atoms with Gasteiger partial charge in [0.2, 0.25) is 5.91 Å². The van der Waals surface area contributed by atoms with E-state index < -0.39 is 5.41 Å². The van der Waals surface area contributed by atoms with E-state index in [9.17, 15) is 9.90 Å². The number of hydrogen-bond donors (Lipinski definition) is 1. The van der Waals surface area contributed by atoms with E-state index in [1.54, 1.807) is 36.7 Å². The van der Waals surface area contributed by atoms with Crippen molar-refractivity contribution in [2.45, 2.75) is 18.3 Å². The zero-order valence-electron chi connectivity index (χ0n) is 14.9. The molecule has 1 N–H and O–H groups in total. The first-order chi connectivity index (χ1) is 13.7. The summed E-state index contributed by atoms with van der Waals surface area (Å²) in [5, 5.41) is 13.9. The van der Waals surface area contributed by atoms with Crippen molar-refractivity contribution in [2.75, 3.05) is 0 Å². The lowest BCUT2D eigenvalue weighted by atomic mass is 9.91. The summed E-state index contributed by atoms with van der Waals surface area (Å²) in [7, 11) is 0. The smallest absolute Gasteiger partial charge is 0.245 e. The van der Waals surface area contributed by atoms with Crippen molar-refractivity contribution in [2.24, 2.45) is 0 Å². The van der Waals surface area contributed by atoms with E-state index in [4.69, 9.17) is 4.52 Å². The number of aromatic nitrogens is 3. The summed E-state index contributed by atoms with van der Waals surface area (Å²) in [5.41, 5.74) is 2.50. The molecule has 6 nitrogen and oxygen atoms in total. The Morgan fingerprint density at radius 3 is 2.43 bits per heavy atom. The van der Waals surface area contributed by atoms with Gasteiger partial charge in [0.25, 0.3) is 0 Å². The third-order valence-electron chi connectivity index (χ3n) is 5.23. The van der Waals surface area contributed by atoms with E-state index in [2.05, 4.69) is 10.1 Å². The Hall–Kier alpha value is -3.67. The Labute approximate surface area is 161 Å². The highest BCUT2D eigenvalue weighted by Gasteiger charge is 2.57. The Bertz CT molecular complexity index is 1130. The third-order valence-corrected chi connectivity index (χ3v) is 5.23. The van der Waals surface area contributed by atoms with Crippen molar-refractivity contribution in [1.82, 2.24) is 14.7 Å². The second-order valence-corrected chi connectivity index (χ2v) is 7.01. The van der Waals surface area contributed by atoms with Crippen molar-refractivity contribution in [3.05, 3.63) is 79.1 Å². The van der Waals surface area contributed by atoms with Crippen molar-refractivity contribution >= 4 is 5.91 Å². The molecular formula is C22H17N3O3. The van der Waals surface area contributed by atoms with E-state index in [0.29, 0.717) is 24.3 Å². The maximum atomic E-state index is 13.2. The van der Waals surface area contributed by atoms with Gasteiger partial charge in [0.15, 0.2) is 5.76 Å². The molecule has 1 fully saturated rings. The topological polar surface area (TPSA) is 81.2 Å². The molecule has 28 heavy (non-hydrogen) atoms. The molecule has 0 bridgehead atoms. The molecule has 2 aromatic carbocycles. The molecule has 1 saturated carbocycles. The van der Waals surface area contributed by atoms with Crippen LogP contribution in [0.15, 0.2) is 77.8 Å². The van der Waals surface area contributed by atoms with Crippen LogP contribution < -0.4 is 0 Å². The minimum Gasteiger partial charge on any atom is -0.508 e. The molecule has 5 rings (SSSR count). The van der Waals surface area contributed by atoms with Crippen LogP contribution in [0.4, 0.5) is 0 Å². The van der Waals surface area contributed by atoms with E-state index in [1.165, 1.54) is 10.9 Å². The molecule has 6 heteroatoms. The fourth-order valence-corrected chi connectivity index (χ4v) is 3.60. The lowest BCUT2D eigenvalue weighted by Crippen LogP contribution is -2.26. The van der Waals surface area contributed by atoms with Crippen LogP contribution in [0.2, 0.25) is 0 Å². The first kappa shape index (κ1) is 16.5. The van der Waals surface area contributed by atoms with Crippen LogP contribution in [0.3, 0.4) is 0 Å². The number of phenols is 1. The minimum absolute atomic E-state index is 0.0596. The third kappa shape index (κ3) is 2.53. The fourth-order valence-electron chi connectivity index (χ4n) is 3.60. The van der Waals surface area contributed by atoms with Crippen LogP contribution >= 0.6 is 0 Å². The van der Waals surface area contributed by atoms with Gasteiger partial charge in [0.05, 0.1) is 5.56 Å². The van der Waals surface area contributed by atoms with Gasteiger partial charge in [-0.25, -0.2) is 4.98 Å². The number of carbonyl (C=O) groups is 1. The fraction of sp³-hybridized carbons (Fsp3) is 0.136. The predicted molar refractivity (Wildman–Crippen MR) is 103 cm³/mol. The number of rotatable bonds is 4. The van der Waals surface area contributed by atoms with Crippen LogP contribution in [-0.4, -0.2) is 25.7 Å². The Kier molecular flexibility index (Phi) is 3.65. The first-order valence-electron chi connectivity index (χ1n) is 9.07. The molecule has 138 valence electrons. The maximum absolute atomic E-state index is 13.2.